The fraction of sp³-hybridized carbons (Fsp3) is 0.214. The number of nitrogens with two attached hydrogens (primary N) is 1. The van der Waals surface area contributed by atoms with Crippen molar-refractivity contribution in [3.8, 4) is 0 Å². The summed E-state index contributed by atoms with van der Waals surface area (Å²) in [6.07, 6.45) is 3.61. The van der Waals surface area contributed by atoms with Crippen LogP contribution in [0.25, 0.3) is 0 Å². The summed E-state index contributed by atoms with van der Waals surface area (Å²) in [6, 6.07) is 8.51. The molecule has 6 heteroatoms. The van der Waals surface area contributed by atoms with E-state index < -0.39 is 10.0 Å². The second-order valence-corrected chi connectivity index (χ2v) is 6.16. The van der Waals surface area contributed by atoms with Gasteiger partial charge in [0.15, 0.2) is 0 Å². The van der Waals surface area contributed by atoms with Crippen molar-refractivity contribution in [2.75, 3.05) is 0 Å². The Morgan fingerprint density at radius 1 is 1.15 bits per heavy atom. The van der Waals surface area contributed by atoms with Crippen LogP contribution in [-0.2, 0) is 23.1 Å². The molecule has 3 N–H and O–H groups in total. The molecule has 5 nitrogen and oxygen atoms in total. The third-order valence-electron chi connectivity index (χ3n) is 3.04. The summed E-state index contributed by atoms with van der Waals surface area (Å²) < 4.78 is 22.3. The third kappa shape index (κ3) is 3.86. The number of hydrogen-bond acceptors (Lipinski definition) is 4. The lowest BCUT2D eigenvalue weighted by atomic mass is 10.1. The number of rotatable bonds is 5. The van der Waals surface area contributed by atoms with E-state index in [0.717, 1.165) is 17.7 Å². The second kappa shape index (κ2) is 6.13. The minimum Gasteiger partial charge on any atom is -0.309 e. The predicted octanol–water partition coefficient (Wildman–Crippen LogP) is 1.33. The van der Waals surface area contributed by atoms with Crippen LogP contribution in [0.2, 0.25) is 0 Å². The molecule has 2 aromatic rings. The molecule has 0 spiro atoms. The summed E-state index contributed by atoms with van der Waals surface area (Å²) in [5.41, 5.74) is 3.34. The molecule has 0 bridgehead atoms. The van der Waals surface area contributed by atoms with Crippen molar-refractivity contribution in [2.24, 2.45) is 5.14 Å². The zero-order valence-corrected chi connectivity index (χ0v) is 12.0. The number of aryl methyl sites for hydroxylation is 1. The van der Waals surface area contributed by atoms with Gasteiger partial charge in [0.1, 0.15) is 0 Å². The van der Waals surface area contributed by atoms with Gasteiger partial charge in [-0.2, -0.15) is 0 Å². The number of hydrogen-bond donors (Lipinski definition) is 2. The highest BCUT2D eigenvalue weighted by molar-refractivity contribution is 7.89. The van der Waals surface area contributed by atoms with E-state index >= 15 is 0 Å². The molecule has 0 atom stereocenters. The molecule has 0 radical (unpaired) electrons. The van der Waals surface area contributed by atoms with E-state index in [1.54, 1.807) is 18.3 Å². The maximum atomic E-state index is 11.1. The molecule has 0 aliphatic rings. The van der Waals surface area contributed by atoms with E-state index in [0.29, 0.717) is 6.54 Å². The van der Waals surface area contributed by atoms with Gasteiger partial charge >= 0.3 is 0 Å². The average Bonchev–Trinajstić information content (AvgIpc) is 2.40. The first kappa shape index (κ1) is 14.6. The molecule has 1 heterocycles. The Kier molecular flexibility index (Phi) is 4.49. The summed E-state index contributed by atoms with van der Waals surface area (Å²) in [5.74, 6) is 0. The Bertz CT molecular complexity index is 682. The summed E-state index contributed by atoms with van der Waals surface area (Å²) in [4.78, 5) is 4.22. The fourth-order valence-corrected chi connectivity index (χ4v) is 2.34. The Hall–Kier alpha value is -1.76. The van der Waals surface area contributed by atoms with Crippen LogP contribution in [-0.4, -0.2) is 13.4 Å². The molecule has 0 amide bonds. The third-order valence-corrected chi connectivity index (χ3v) is 3.97. The Labute approximate surface area is 118 Å². The van der Waals surface area contributed by atoms with Crippen molar-refractivity contribution >= 4 is 10.0 Å². The quantitative estimate of drug-likeness (QED) is 0.870. The van der Waals surface area contributed by atoms with Crippen LogP contribution in [0.3, 0.4) is 0 Å². The molecule has 20 heavy (non-hydrogen) atoms. The minimum atomic E-state index is -3.62. The molecule has 106 valence electrons. The summed E-state index contributed by atoms with van der Waals surface area (Å²) in [7, 11) is -3.62. The molecular weight excluding hydrogens is 274 g/mol. The molecule has 2 rings (SSSR count). The highest BCUT2D eigenvalue weighted by Crippen LogP contribution is 2.09. The van der Waals surface area contributed by atoms with Crippen LogP contribution >= 0.6 is 0 Å². The van der Waals surface area contributed by atoms with Crippen molar-refractivity contribution in [2.45, 2.75) is 24.9 Å². The van der Waals surface area contributed by atoms with E-state index in [-0.39, 0.29) is 4.90 Å². The van der Waals surface area contributed by atoms with Crippen molar-refractivity contribution in [1.29, 1.82) is 0 Å². The number of benzene rings is 1. The van der Waals surface area contributed by atoms with Gasteiger partial charge in [-0.1, -0.05) is 12.1 Å². The van der Waals surface area contributed by atoms with E-state index in [4.69, 9.17) is 5.14 Å². The first-order chi connectivity index (χ1) is 9.47. The summed E-state index contributed by atoms with van der Waals surface area (Å²) >= 11 is 0. The van der Waals surface area contributed by atoms with Crippen LogP contribution in [0.4, 0.5) is 0 Å². The van der Waals surface area contributed by atoms with Gasteiger partial charge in [-0.05, 0) is 41.8 Å². The number of nitrogens with one attached hydrogen (secondary N) is 1. The van der Waals surface area contributed by atoms with Gasteiger partial charge in [-0.25, -0.2) is 13.6 Å². The SMILES string of the molecule is Cc1ccncc1CNCc1ccc(S(N)(=O)=O)cc1. The van der Waals surface area contributed by atoms with Gasteiger partial charge in [0.05, 0.1) is 4.90 Å². The zero-order valence-electron chi connectivity index (χ0n) is 11.2. The lowest BCUT2D eigenvalue weighted by Crippen LogP contribution is -2.14. The molecule has 0 aliphatic heterocycles. The lowest BCUT2D eigenvalue weighted by Gasteiger charge is -2.07. The first-order valence-corrected chi connectivity index (χ1v) is 7.73. The fourth-order valence-electron chi connectivity index (χ4n) is 1.82. The summed E-state index contributed by atoms with van der Waals surface area (Å²) in [6.45, 7) is 3.41. The monoisotopic (exact) mass is 291 g/mol. The van der Waals surface area contributed by atoms with Crippen LogP contribution < -0.4 is 10.5 Å². The first-order valence-electron chi connectivity index (χ1n) is 6.19. The van der Waals surface area contributed by atoms with Crippen molar-refractivity contribution in [3.63, 3.8) is 0 Å². The number of primary sulfonamides is 1. The van der Waals surface area contributed by atoms with Gasteiger partial charge in [-0.3, -0.25) is 4.98 Å². The minimum absolute atomic E-state index is 0.129. The van der Waals surface area contributed by atoms with Gasteiger partial charge in [0, 0.05) is 25.5 Å². The molecule has 0 aliphatic carbocycles. The maximum Gasteiger partial charge on any atom is 0.238 e. The van der Waals surface area contributed by atoms with Gasteiger partial charge in [0.2, 0.25) is 10.0 Å². The van der Waals surface area contributed by atoms with Crippen molar-refractivity contribution in [1.82, 2.24) is 10.3 Å². The number of nitrogens with zero attached hydrogens (tertiary/aromatic N) is 1. The van der Waals surface area contributed by atoms with Crippen LogP contribution in [0.5, 0.6) is 0 Å². The molecule has 1 aromatic heterocycles. The van der Waals surface area contributed by atoms with Crippen LogP contribution in [0, 0.1) is 6.92 Å². The Morgan fingerprint density at radius 2 is 1.85 bits per heavy atom. The Morgan fingerprint density at radius 3 is 2.45 bits per heavy atom. The smallest absolute Gasteiger partial charge is 0.238 e. The van der Waals surface area contributed by atoms with E-state index in [2.05, 4.69) is 10.3 Å². The number of sulfonamides is 1. The molecule has 0 saturated carbocycles. The van der Waals surface area contributed by atoms with Crippen molar-refractivity contribution in [3.05, 3.63) is 59.4 Å². The normalized spacial score (nSPS) is 11.5. The Balaban J connectivity index is 1.94. The second-order valence-electron chi connectivity index (χ2n) is 4.59. The maximum absolute atomic E-state index is 11.1. The highest BCUT2D eigenvalue weighted by atomic mass is 32.2. The van der Waals surface area contributed by atoms with Gasteiger partial charge in [0.25, 0.3) is 0 Å². The molecule has 0 fully saturated rings. The molecule has 1 aromatic carbocycles. The molecule has 0 saturated heterocycles. The van der Waals surface area contributed by atoms with Crippen molar-refractivity contribution < 1.29 is 8.42 Å². The number of pyridine rings is 1. The average molecular weight is 291 g/mol. The van der Waals surface area contributed by atoms with E-state index in [1.807, 2.05) is 19.2 Å². The van der Waals surface area contributed by atoms with Gasteiger partial charge in [-0.15, -0.1) is 0 Å². The molecular formula is C14H17N3O2S. The molecule has 0 unspecified atom stereocenters. The standard InChI is InChI=1S/C14H17N3O2S/c1-11-6-7-16-9-13(11)10-17-8-12-2-4-14(5-3-12)20(15,18)19/h2-7,9,17H,8,10H2,1H3,(H2,15,18,19). The lowest BCUT2D eigenvalue weighted by molar-refractivity contribution is 0.597. The highest BCUT2D eigenvalue weighted by Gasteiger charge is 2.06. The van der Waals surface area contributed by atoms with E-state index in [1.165, 1.54) is 17.7 Å². The van der Waals surface area contributed by atoms with E-state index in [9.17, 15) is 8.42 Å². The van der Waals surface area contributed by atoms with Crippen LogP contribution in [0.15, 0.2) is 47.6 Å². The zero-order chi connectivity index (χ0) is 14.6. The topological polar surface area (TPSA) is 85.1 Å². The van der Waals surface area contributed by atoms with Crippen LogP contribution in [0.1, 0.15) is 16.7 Å². The summed E-state index contributed by atoms with van der Waals surface area (Å²) in [5, 5.41) is 8.35. The largest absolute Gasteiger partial charge is 0.309 e. The predicted molar refractivity (Wildman–Crippen MR) is 77.3 cm³/mol. The van der Waals surface area contributed by atoms with Gasteiger partial charge < -0.3 is 5.32 Å². The number of aromatic nitrogens is 1.